The summed E-state index contributed by atoms with van der Waals surface area (Å²) in [6, 6.07) is 20.3. The van der Waals surface area contributed by atoms with Gasteiger partial charge in [0.2, 0.25) is 0 Å². The van der Waals surface area contributed by atoms with Crippen molar-refractivity contribution in [2.24, 2.45) is 5.92 Å². The fraction of sp³-hybridized carbons (Fsp3) is 0.409. The van der Waals surface area contributed by atoms with Crippen molar-refractivity contribution in [3.8, 4) is 0 Å². The summed E-state index contributed by atoms with van der Waals surface area (Å²) in [7, 11) is 2.14. The van der Waals surface area contributed by atoms with Gasteiger partial charge in [-0.3, -0.25) is 9.69 Å². The SMILES string of the molecule is CN1C[C@@H]2C[C@H](OC(=O)C(C)(c3ccccc3)c3ccccc3)[C@H]1C2. The van der Waals surface area contributed by atoms with Crippen LogP contribution in [0.15, 0.2) is 60.7 Å². The normalized spacial score (nSPS) is 25.9. The molecule has 1 aliphatic heterocycles. The highest BCUT2D eigenvalue weighted by Gasteiger charge is 2.48. The van der Waals surface area contributed by atoms with Crippen molar-refractivity contribution in [2.45, 2.75) is 37.3 Å². The van der Waals surface area contributed by atoms with Crippen molar-refractivity contribution >= 4 is 5.97 Å². The van der Waals surface area contributed by atoms with E-state index in [2.05, 4.69) is 11.9 Å². The molecule has 3 heteroatoms. The molecule has 2 aromatic rings. The van der Waals surface area contributed by atoms with Gasteiger partial charge in [0.1, 0.15) is 11.5 Å². The van der Waals surface area contributed by atoms with Crippen LogP contribution in [0.3, 0.4) is 0 Å². The van der Waals surface area contributed by atoms with E-state index in [0.717, 1.165) is 30.5 Å². The van der Waals surface area contributed by atoms with Crippen molar-refractivity contribution in [1.82, 2.24) is 4.90 Å². The first-order chi connectivity index (χ1) is 12.1. The van der Waals surface area contributed by atoms with E-state index in [-0.39, 0.29) is 12.1 Å². The predicted octanol–water partition coefficient (Wildman–Crippen LogP) is 3.63. The van der Waals surface area contributed by atoms with Crippen LogP contribution in [0.5, 0.6) is 0 Å². The van der Waals surface area contributed by atoms with Crippen LogP contribution in [0.4, 0.5) is 0 Å². The third-order valence-corrected chi connectivity index (χ3v) is 6.05. The zero-order valence-electron chi connectivity index (χ0n) is 14.9. The molecule has 2 aromatic carbocycles. The van der Waals surface area contributed by atoms with Crippen LogP contribution in [-0.4, -0.2) is 36.6 Å². The van der Waals surface area contributed by atoms with E-state index in [1.165, 1.54) is 0 Å². The van der Waals surface area contributed by atoms with E-state index in [1.54, 1.807) is 0 Å². The average molecular weight is 335 g/mol. The Morgan fingerprint density at radius 1 is 1.00 bits per heavy atom. The van der Waals surface area contributed by atoms with Gasteiger partial charge in [0.15, 0.2) is 0 Å². The van der Waals surface area contributed by atoms with Crippen LogP contribution in [0.2, 0.25) is 0 Å². The number of rotatable bonds is 4. The number of likely N-dealkylation sites (N-methyl/N-ethyl adjacent to an activating group) is 1. The molecular weight excluding hydrogens is 310 g/mol. The maximum atomic E-state index is 13.4. The molecule has 0 N–H and O–H groups in total. The minimum Gasteiger partial charge on any atom is -0.460 e. The van der Waals surface area contributed by atoms with E-state index in [0.29, 0.717) is 12.0 Å². The molecule has 0 radical (unpaired) electrons. The number of hydrogen-bond donors (Lipinski definition) is 0. The highest BCUT2D eigenvalue weighted by molar-refractivity contribution is 5.87. The zero-order valence-corrected chi connectivity index (χ0v) is 14.9. The quantitative estimate of drug-likeness (QED) is 0.799. The number of benzene rings is 2. The van der Waals surface area contributed by atoms with Gasteiger partial charge in [0, 0.05) is 12.6 Å². The monoisotopic (exact) mass is 335 g/mol. The molecule has 1 heterocycles. The molecule has 2 aliphatic rings. The lowest BCUT2D eigenvalue weighted by Crippen LogP contribution is -2.45. The number of carbonyl (C=O) groups is 1. The Labute approximate surface area is 149 Å². The van der Waals surface area contributed by atoms with Crippen LogP contribution in [0, 0.1) is 5.92 Å². The van der Waals surface area contributed by atoms with Gasteiger partial charge >= 0.3 is 5.97 Å². The summed E-state index contributed by atoms with van der Waals surface area (Å²) < 4.78 is 6.11. The van der Waals surface area contributed by atoms with E-state index >= 15 is 0 Å². The third kappa shape index (κ3) is 2.77. The molecule has 1 aliphatic carbocycles. The molecule has 0 unspecified atom stereocenters. The van der Waals surface area contributed by atoms with Crippen molar-refractivity contribution in [3.63, 3.8) is 0 Å². The van der Waals surface area contributed by atoms with Crippen LogP contribution in [0.1, 0.15) is 30.9 Å². The third-order valence-electron chi connectivity index (χ3n) is 6.05. The number of fused-ring (bicyclic) bond motifs is 2. The zero-order chi connectivity index (χ0) is 17.4. The highest BCUT2D eigenvalue weighted by atomic mass is 16.5. The van der Waals surface area contributed by atoms with Gasteiger partial charge < -0.3 is 4.74 Å². The molecule has 0 spiro atoms. The molecule has 3 nitrogen and oxygen atoms in total. The summed E-state index contributed by atoms with van der Waals surface area (Å²) in [6.45, 7) is 3.12. The maximum Gasteiger partial charge on any atom is 0.321 e. The van der Waals surface area contributed by atoms with E-state index in [1.807, 2.05) is 67.6 Å². The molecule has 130 valence electrons. The maximum absolute atomic E-state index is 13.4. The first-order valence-electron chi connectivity index (χ1n) is 9.11. The van der Waals surface area contributed by atoms with Gasteiger partial charge in [-0.25, -0.2) is 0 Å². The smallest absolute Gasteiger partial charge is 0.321 e. The Morgan fingerprint density at radius 3 is 2.04 bits per heavy atom. The molecule has 25 heavy (non-hydrogen) atoms. The molecule has 4 rings (SSSR count). The van der Waals surface area contributed by atoms with Gasteiger partial charge in [-0.15, -0.1) is 0 Å². The summed E-state index contributed by atoms with van der Waals surface area (Å²) in [5, 5.41) is 0. The number of piperidine rings is 1. The predicted molar refractivity (Wildman–Crippen MR) is 98.4 cm³/mol. The number of ether oxygens (including phenoxy) is 1. The summed E-state index contributed by atoms with van der Waals surface area (Å²) in [6.07, 6.45) is 2.17. The van der Waals surface area contributed by atoms with Gasteiger partial charge in [0.05, 0.1) is 0 Å². The molecular formula is C22H25NO2. The summed E-state index contributed by atoms with van der Waals surface area (Å²) in [5.74, 6) is 0.531. The standard InChI is InChI=1S/C22H25NO2/c1-22(17-9-5-3-6-10-17,18-11-7-4-8-12-18)21(24)25-20-14-16-13-19(20)23(2)15-16/h3-12,16,19-20H,13-15H2,1-2H3/t16-,19+,20-/m0/s1. The van der Waals surface area contributed by atoms with Crippen LogP contribution in [-0.2, 0) is 14.9 Å². The minimum atomic E-state index is -0.789. The minimum absolute atomic E-state index is 0.0167. The fourth-order valence-electron chi connectivity index (χ4n) is 4.56. The molecule has 3 atom stereocenters. The summed E-state index contributed by atoms with van der Waals surface area (Å²) in [4.78, 5) is 15.7. The number of nitrogens with zero attached hydrogens (tertiary/aromatic N) is 1. The van der Waals surface area contributed by atoms with E-state index < -0.39 is 5.41 Å². The molecule has 1 saturated carbocycles. The van der Waals surface area contributed by atoms with Crippen molar-refractivity contribution in [3.05, 3.63) is 71.8 Å². The number of carbonyl (C=O) groups excluding carboxylic acids is 1. The topological polar surface area (TPSA) is 29.5 Å². The Morgan fingerprint density at radius 2 is 1.56 bits per heavy atom. The number of hydrogen-bond acceptors (Lipinski definition) is 3. The van der Waals surface area contributed by atoms with Crippen LogP contribution < -0.4 is 0 Å². The van der Waals surface area contributed by atoms with Crippen LogP contribution in [0.25, 0.3) is 0 Å². The second-order valence-electron chi connectivity index (χ2n) is 7.65. The first kappa shape index (κ1) is 16.3. The molecule has 1 saturated heterocycles. The summed E-state index contributed by atoms with van der Waals surface area (Å²) >= 11 is 0. The molecule has 0 amide bonds. The number of likely N-dealkylation sites (tertiary alicyclic amines) is 1. The lowest BCUT2D eigenvalue weighted by molar-refractivity contribution is -0.157. The molecule has 2 fully saturated rings. The first-order valence-corrected chi connectivity index (χ1v) is 9.11. The average Bonchev–Trinajstić information content (AvgIpc) is 3.21. The molecule has 0 aromatic heterocycles. The lowest BCUT2D eigenvalue weighted by Gasteiger charge is -2.34. The Bertz CT molecular complexity index is 704. The Hall–Kier alpha value is -2.13. The summed E-state index contributed by atoms with van der Waals surface area (Å²) in [5.41, 5.74) is 1.16. The van der Waals surface area contributed by atoms with Crippen molar-refractivity contribution in [2.75, 3.05) is 13.6 Å². The van der Waals surface area contributed by atoms with Gasteiger partial charge in [-0.05, 0) is 43.9 Å². The fourth-order valence-corrected chi connectivity index (χ4v) is 4.56. The van der Waals surface area contributed by atoms with Gasteiger partial charge in [-0.1, -0.05) is 60.7 Å². The van der Waals surface area contributed by atoms with E-state index in [4.69, 9.17) is 4.74 Å². The van der Waals surface area contributed by atoms with Crippen LogP contribution >= 0.6 is 0 Å². The Kier molecular flexibility index (Phi) is 4.12. The highest BCUT2D eigenvalue weighted by Crippen LogP contribution is 2.40. The van der Waals surface area contributed by atoms with Crippen molar-refractivity contribution < 1.29 is 9.53 Å². The van der Waals surface area contributed by atoms with Gasteiger partial charge in [0.25, 0.3) is 0 Å². The lowest BCUT2D eigenvalue weighted by atomic mass is 9.76. The van der Waals surface area contributed by atoms with E-state index in [9.17, 15) is 4.79 Å². The van der Waals surface area contributed by atoms with Gasteiger partial charge in [-0.2, -0.15) is 0 Å². The number of esters is 1. The molecule has 2 bridgehead atoms. The van der Waals surface area contributed by atoms with Crippen molar-refractivity contribution in [1.29, 1.82) is 0 Å². The second-order valence-corrected chi connectivity index (χ2v) is 7.65. The second kappa shape index (κ2) is 6.30. The Balaban J connectivity index is 1.66. The largest absolute Gasteiger partial charge is 0.460 e.